The van der Waals surface area contributed by atoms with Gasteiger partial charge in [-0.3, -0.25) is 0 Å². The molecule has 0 aliphatic carbocycles. The summed E-state index contributed by atoms with van der Waals surface area (Å²) in [6.45, 7) is 2.26. The SMILES string of the molecule is Cc1cc(O)ccc1C#CCN. The van der Waals surface area contributed by atoms with Crippen molar-refractivity contribution in [2.75, 3.05) is 6.54 Å². The van der Waals surface area contributed by atoms with E-state index in [1.54, 1.807) is 18.2 Å². The normalized spacial score (nSPS) is 8.83. The molecule has 0 heterocycles. The number of benzene rings is 1. The average Bonchev–Trinajstić information content (AvgIpc) is 2.03. The summed E-state index contributed by atoms with van der Waals surface area (Å²) < 4.78 is 0. The van der Waals surface area contributed by atoms with E-state index in [4.69, 9.17) is 10.8 Å². The molecule has 0 unspecified atom stereocenters. The van der Waals surface area contributed by atoms with Crippen LogP contribution >= 0.6 is 0 Å². The number of rotatable bonds is 0. The highest BCUT2D eigenvalue weighted by atomic mass is 16.3. The second-order valence-corrected chi connectivity index (χ2v) is 2.51. The van der Waals surface area contributed by atoms with Crippen LogP contribution in [0, 0.1) is 18.8 Å². The van der Waals surface area contributed by atoms with Gasteiger partial charge in [0.2, 0.25) is 0 Å². The Morgan fingerprint density at radius 3 is 2.83 bits per heavy atom. The van der Waals surface area contributed by atoms with Crippen molar-refractivity contribution in [2.24, 2.45) is 5.73 Å². The van der Waals surface area contributed by atoms with Gasteiger partial charge in [-0.15, -0.1) is 0 Å². The van der Waals surface area contributed by atoms with E-state index in [2.05, 4.69) is 11.8 Å². The molecular formula is C10H11NO. The second kappa shape index (κ2) is 3.80. The van der Waals surface area contributed by atoms with Crippen LogP contribution in [0.5, 0.6) is 5.75 Å². The Kier molecular flexibility index (Phi) is 2.73. The molecule has 0 aliphatic rings. The summed E-state index contributed by atoms with van der Waals surface area (Å²) in [6, 6.07) is 5.08. The minimum absolute atomic E-state index is 0.269. The molecule has 0 atom stereocenters. The number of hydrogen-bond donors (Lipinski definition) is 2. The molecule has 0 aromatic heterocycles. The molecule has 1 rings (SSSR count). The van der Waals surface area contributed by atoms with Crippen molar-refractivity contribution in [3.63, 3.8) is 0 Å². The van der Waals surface area contributed by atoms with E-state index in [9.17, 15) is 0 Å². The zero-order chi connectivity index (χ0) is 8.97. The number of phenols is 1. The minimum Gasteiger partial charge on any atom is -0.508 e. The molecule has 0 bridgehead atoms. The fourth-order valence-corrected chi connectivity index (χ4v) is 0.934. The van der Waals surface area contributed by atoms with E-state index in [-0.39, 0.29) is 5.75 Å². The first-order valence-corrected chi connectivity index (χ1v) is 3.72. The topological polar surface area (TPSA) is 46.2 Å². The van der Waals surface area contributed by atoms with Crippen molar-refractivity contribution in [3.8, 4) is 17.6 Å². The Balaban J connectivity index is 3.01. The van der Waals surface area contributed by atoms with Gasteiger partial charge in [0.25, 0.3) is 0 Å². The van der Waals surface area contributed by atoms with Crippen molar-refractivity contribution in [1.82, 2.24) is 0 Å². The lowest BCUT2D eigenvalue weighted by Crippen LogP contribution is -1.93. The van der Waals surface area contributed by atoms with Gasteiger partial charge >= 0.3 is 0 Å². The Bertz CT molecular complexity index is 333. The standard InChI is InChI=1S/C10H11NO/c1-8-7-10(12)5-4-9(8)3-2-6-11/h4-5,7,12H,6,11H2,1H3. The number of nitrogens with two attached hydrogens (primary N) is 1. The Labute approximate surface area is 72.0 Å². The van der Waals surface area contributed by atoms with E-state index >= 15 is 0 Å². The average molecular weight is 161 g/mol. The summed E-state index contributed by atoms with van der Waals surface area (Å²) >= 11 is 0. The predicted octanol–water partition coefficient (Wildman–Crippen LogP) is 1.01. The number of aromatic hydroxyl groups is 1. The lowest BCUT2D eigenvalue weighted by molar-refractivity contribution is 0.475. The fourth-order valence-electron chi connectivity index (χ4n) is 0.934. The van der Waals surface area contributed by atoms with Crippen molar-refractivity contribution >= 4 is 0 Å². The van der Waals surface area contributed by atoms with Crippen LogP contribution in [0.25, 0.3) is 0 Å². The molecule has 0 saturated carbocycles. The van der Waals surface area contributed by atoms with Crippen LogP contribution in [0.4, 0.5) is 0 Å². The van der Waals surface area contributed by atoms with E-state index in [0.717, 1.165) is 11.1 Å². The van der Waals surface area contributed by atoms with E-state index < -0.39 is 0 Å². The summed E-state index contributed by atoms with van der Waals surface area (Å²) in [7, 11) is 0. The molecule has 0 radical (unpaired) electrons. The molecule has 0 spiro atoms. The van der Waals surface area contributed by atoms with Gasteiger partial charge < -0.3 is 10.8 Å². The molecule has 2 nitrogen and oxygen atoms in total. The van der Waals surface area contributed by atoms with Crippen molar-refractivity contribution in [1.29, 1.82) is 0 Å². The number of phenolic OH excluding ortho intramolecular Hbond substituents is 1. The van der Waals surface area contributed by atoms with Crippen LogP contribution in [-0.4, -0.2) is 11.7 Å². The summed E-state index contributed by atoms with van der Waals surface area (Å²) in [5.74, 6) is 5.94. The van der Waals surface area contributed by atoms with Crippen LogP contribution in [0.1, 0.15) is 11.1 Å². The quantitative estimate of drug-likeness (QED) is 0.558. The third-order valence-electron chi connectivity index (χ3n) is 1.54. The Morgan fingerprint density at radius 1 is 1.50 bits per heavy atom. The van der Waals surface area contributed by atoms with Crippen molar-refractivity contribution < 1.29 is 5.11 Å². The van der Waals surface area contributed by atoms with Gasteiger partial charge in [0.05, 0.1) is 6.54 Å². The third kappa shape index (κ3) is 2.01. The van der Waals surface area contributed by atoms with Gasteiger partial charge in [0.1, 0.15) is 5.75 Å². The molecule has 0 saturated heterocycles. The lowest BCUT2D eigenvalue weighted by Gasteiger charge is -1.97. The van der Waals surface area contributed by atoms with Crippen LogP contribution in [-0.2, 0) is 0 Å². The highest BCUT2D eigenvalue weighted by Gasteiger charge is 1.94. The number of hydrogen-bond acceptors (Lipinski definition) is 2. The van der Waals surface area contributed by atoms with Gasteiger partial charge in [0, 0.05) is 5.56 Å². The van der Waals surface area contributed by atoms with Crippen LogP contribution in [0.3, 0.4) is 0 Å². The maximum absolute atomic E-state index is 9.09. The largest absolute Gasteiger partial charge is 0.508 e. The van der Waals surface area contributed by atoms with Crippen LogP contribution in [0.2, 0.25) is 0 Å². The fraction of sp³-hybridized carbons (Fsp3) is 0.200. The van der Waals surface area contributed by atoms with Gasteiger partial charge in [-0.05, 0) is 30.7 Å². The van der Waals surface area contributed by atoms with Gasteiger partial charge in [-0.2, -0.15) is 0 Å². The lowest BCUT2D eigenvalue weighted by atomic mass is 10.1. The monoisotopic (exact) mass is 161 g/mol. The molecule has 3 N–H and O–H groups in total. The van der Waals surface area contributed by atoms with Crippen LogP contribution in [0.15, 0.2) is 18.2 Å². The van der Waals surface area contributed by atoms with Gasteiger partial charge in [0.15, 0.2) is 0 Å². The molecule has 12 heavy (non-hydrogen) atoms. The zero-order valence-corrected chi connectivity index (χ0v) is 6.96. The first-order chi connectivity index (χ1) is 5.74. The number of aryl methyl sites for hydroxylation is 1. The molecule has 1 aromatic rings. The zero-order valence-electron chi connectivity index (χ0n) is 6.96. The Morgan fingerprint density at radius 2 is 2.25 bits per heavy atom. The maximum Gasteiger partial charge on any atom is 0.115 e. The highest BCUT2D eigenvalue weighted by molar-refractivity contribution is 5.44. The molecule has 0 amide bonds. The molecule has 0 aliphatic heterocycles. The van der Waals surface area contributed by atoms with Gasteiger partial charge in [-0.25, -0.2) is 0 Å². The molecule has 0 fully saturated rings. The first kappa shape index (κ1) is 8.63. The van der Waals surface area contributed by atoms with Crippen LogP contribution < -0.4 is 5.73 Å². The predicted molar refractivity (Wildman–Crippen MR) is 48.8 cm³/mol. The van der Waals surface area contributed by atoms with E-state index in [1.165, 1.54) is 0 Å². The molecule has 62 valence electrons. The summed E-state index contributed by atoms with van der Waals surface area (Å²) in [6.07, 6.45) is 0. The van der Waals surface area contributed by atoms with E-state index in [1.807, 2.05) is 6.92 Å². The molecule has 2 heteroatoms. The summed E-state index contributed by atoms with van der Waals surface area (Å²) in [5.41, 5.74) is 7.12. The molecule has 1 aromatic carbocycles. The summed E-state index contributed by atoms with van der Waals surface area (Å²) in [5, 5.41) is 9.09. The van der Waals surface area contributed by atoms with E-state index in [0.29, 0.717) is 6.54 Å². The third-order valence-corrected chi connectivity index (χ3v) is 1.54. The maximum atomic E-state index is 9.09. The minimum atomic E-state index is 0.269. The van der Waals surface area contributed by atoms with Crippen molar-refractivity contribution in [2.45, 2.75) is 6.92 Å². The molecular weight excluding hydrogens is 150 g/mol. The van der Waals surface area contributed by atoms with Crippen molar-refractivity contribution in [3.05, 3.63) is 29.3 Å². The first-order valence-electron chi connectivity index (χ1n) is 3.72. The summed E-state index contributed by atoms with van der Waals surface area (Å²) in [4.78, 5) is 0. The second-order valence-electron chi connectivity index (χ2n) is 2.51. The van der Waals surface area contributed by atoms with Gasteiger partial charge in [-0.1, -0.05) is 11.8 Å². The Hall–Kier alpha value is -1.46. The smallest absolute Gasteiger partial charge is 0.115 e. The highest BCUT2D eigenvalue weighted by Crippen LogP contribution is 2.14.